The molecule has 0 aliphatic rings. The van der Waals surface area contributed by atoms with E-state index in [1.165, 1.54) is 10.7 Å². The maximum absolute atomic E-state index is 13.1. The quantitative estimate of drug-likeness (QED) is 0.437. The van der Waals surface area contributed by atoms with Crippen molar-refractivity contribution in [1.82, 2.24) is 19.7 Å². The maximum atomic E-state index is 13.1. The van der Waals surface area contributed by atoms with Gasteiger partial charge in [0.2, 0.25) is 5.95 Å². The summed E-state index contributed by atoms with van der Waals surface area (Å²) in [5, 5.41) is 7.37. The van der Waals surface area contributed by atoms with Crippen LogP contribution in [0, 0.1) is 6.92 Å². The Bertz CT molecular complexity index is 1270. The van der Waals surface area contributed by atoms with Crippen molar-refractivity contribution in [3.63, 3.8) is 0 Å². The van der Waals surface area contributed by atoms with Crippen LogP contribution < -0.4 is 10.1 Å². The van der Waals surface area contributed by atoms with Crippen molar-refractivity contribution < 1.29 is 17.9 Å². The number of aryl methyl sites for hydroxylation is 2. The molecule has 1 N–H and O–H groups in total. The number of halogens is 3. The first-order valence-electron chi connectivity index (χ1n) is 9.71. The standard InChI is InChI=1S/C23H20F3N5O/c1-14-11-15(9-10-27-14)19-8-7-18(13-20(19)32-3)28-22-29-21(31(2)30-22)16-5-4-6-17(12-16)23(24,25)26/h4-13H,1-3H3,(H,28,30). The van der Waals surface area contributed by atoms with Crippen molar-refractivity contribution in [3.8, 4) is 28.3 Å². The number of hydrogen-bond donors (Lipinski definition) is 1. The van der Waals surface area contributed by atoms with E-state index in [4.69, 9.17) is 4.74 Å². The van der Waals surface area contributed by atoms with Gasteiger partial charge in [0.15, 0.2) is 5.82 Å². The Kier molecular flexibility index (Phi) is 5.56. The van der Waals surface area contributed by atoms with E-state index in [9.17, 15) is 13.2 Å². The molecular formula is C23H20F3N5O. The van der Waals surface area contributed by atoms with Crippen LogP contribution >= 0.6 is 0 Å². The smallest absolute Gasteiger partial charge is 0.416 e. The monoisotopic (exact) mass is 439 g/mol. The van der Waals surface area contributed by atoms with E-state index in [0.717, 1.165) is 29.0 Å². The van der Waals surface area contributed by atoms with Crippen LogP contribution in [-0.4, -0.2) is 26.9 Å². The Morgan fingerprint density at radius 1 is 1.00 bits per heavy atom. The molecule has 9 heteroatoms. The lowest BCUT2D eigenvalue weighted by atomic mass is 10.0. The zero-order valence-electron chi connectivity index (χ0n) is 17.6. The third kappa shape index (κ3) is 4.41. The number of benzene rings is 2. The highest BCUT2D eigenvalue weighted by molar-refractivity contribution is 5.74. The molecule has 4 aromatic rings. The van der Waals surface area contributed by atoms with Crippen molar-refractivity contribution in [2.45, 2.75) is 13.1 Å². The molecule has 0 aliphatic carbocycles. The van der Waals surface area contributed by atoms with E-state index in [1.807, 2.05) is 37.3 Å². The number of alkyl halides is 3. The van der Waals surface area contributed by atoms with Gasteiger partial charge in [0, 0.05) is 41.8 Å². The maximum Gasteiger partial charge on any atom is 0.416 e. The summed E-state index contributed by atoms with van der Waals surface area (Å²) in [7, 11) is 3.21. The van der Waals surface area contributed by atoms with Crippen LogP contribution in [0.5, 0.6) is 5.75 Å². The fraction of sp³-hybridized carbons (Fsp3) is 0.174. The SMILES string of the molecule is COc1cc(Nc2nc(-c3cccc(C(F)(F)F)c3)n(C)n2)ccc1-c1ccnc(C)c1. The summed E-state index contributed by atoms with van der Waals surface area (Å²) in [6.07, 6.45) is -2.69. The second-order valence-corrected chi connectivity index (χ2v) is 7.19. The third-order valence-corrected chi connectivity index (χ3v) is 4.88. The second-order valence-electron chi connectivity index (χ2n) is 7.19. The van der Waals surface area contributed by atoms with Crippen molar-refractivity contribution >= 4 is 11.6 Å². The summed E-state index contributed by atoms with van der Waals surface area (Å²) in [6.45, 7) is 1.92. The van der Waals surface area contributed by atoms with Gasteiger partial charge in [0.25, 0.3) is 0 Å². The van der Waals surface area contributed by atoms with Crippen molar-refractivity contribution in [3.05, 3.63) is 72.1 Å². The highest BCUT2D eigenvalue weighted by Gasteiger charge is 2.30. The second kappa shape index (κ2) is 8.33. The molecule has 0 unspecified atom stereocenters. The fourth-order valence-corrected chi connectivity index (χ4v) is 3.37. The average molecular weight is 439 g/mol. The van der Waals surface area contributed by atoms with Gasteiger partial charge in [0.1, 0.15) is 5.75 Å². The molecule has 2 aromatic heterocycles. The van der Waals surface area contributed by atoms with E-state index in [-0.39, 0.29) is 5.95 Å². The number of nitrogens with one attached hydrogen (secondary N) is 1. The molecule has 4 rings (SSSR count). The van der Waals surface area contributed by atoms with Gasteiger partial charge >= 0.3 is 6.18 Å². The summed E-state index contributed by atoms with van der Waals surface area (Å²) in [5.74, 6) is 1.22. The van der Waals surface area contributed by atoms with Gasteiger partial charge < -0.3 is 10.1 Å². The Balaban J connectivity index is 1.62. The van der Waals surface area contributed by atoms with Gasteiger partial charge in [-0.1, -0.05) is 12.1 Å². The molecule has 0 spiro atoms. The molecule has 0 fully saturated rings. The van der Waals surface area contributed by atoms with E-state index in [1.54, 1.807) is 26.4 Å². The minimum atomic E-state index is -4.43. The summed E-state index contributed by atoms with van der Waals surface area (Å²) in [5.41, 5.74) is 3.04. The van der Waals surface area contributed by atoms with E-state index < -0.39 is 11.7 Å². The Labute approximate surface area is 182 Å². The topological polar surface area (TPSA) is 64.9 Å². The van der Waals surface area contributed by atoms with E-state index in [0.29, 0.717) is 22.8 Å². The first kappa shape index (κ1) is 21.4. The normalized spacial score (nSPS) is 11.4. The van der Waals surface area contributed by atoms with Crippen LogP contribution in [0.25, 0.3) is 22.5 Å². The number of ether oxygens (including phenoxy) is 1. The van der Waals surface area contributed by atoms with Gasteiger partial charge in [-0.2, -0.15) is 18.2 Å². The molecule has 0 radical (unpaired) electrons. The molecule has 6 nitrogen and oxygen atoms in total. The van der Waals surface area contributed by atoms with Crippen molar-refractivity contribution in [2.75, 3.05) is 12.4 Å². The number of aromatic nitrogens is 4. The minimum Gasteiger partial charge on any atom is -0.496 e. The first-order valence-corrected chi connectivity index (χ1v) is 9.71. The molecule has 0 aliphatic heterocycles. The molecule has 2 heterocycles. The zero-order valence-corrected chi connectivity index (χ0v) is 17.6. The molecule has 0 saturated carbocycles. The summed E-state index contributed by atoms with van der Waals surface area (Å²) >= 11 is 0. The summed E-state index contributed by atoms with van der Waals surface area (Å²) in [6, 6.07) is 14.4. The Hall–Kier alpha value is -3.88. The predicted molar refractivity (Wildman–Crippen MR) is 116 cm³/mol. The predicted octanol–water partition coefficient (Wildman–Crippen LogP) is 5.62. The fourth-order valence-electron chi connectivity index (χ4n) is 3.37. The summed E-state index contributed by atoms with van der Waals surface area (Å²) < 4.78 is 46.1. The Morgan fingerprint density at radius 2 is 1.81 bits per heavy atom. The highest BCUT2D eigenvalue weighted by Crippen LogP contribution is 2.34. The molecule has 0 bridgehead atoms. The molecule has 0 amide bonds. The number of methoxy groups -OCH3 is 1. The van der Waals surface area contributed by atoms with Crippen LogP contribution in [0.3, 0.4) is 0 Å². The number of rotatable bonds is 5. The lowest BCUT2D eigenvalue weighted by molar-refractivity contribution is -0.137. The van der Waals surface area contributed by atoms with Crippen LogP contribution in [0.1, 0.15) is 11.3 Å². The lowest BCUT2D eigenvalue weighted by Crippen LogP contribution is -2.05. The number of hydrogen-bond acceptors (Lipinski definition) is 5. The van der Waals surface area contributed by atoms with Crippen molar-refractivity contribution in [2.24, 2.45) is 7.05 Å². The highest BCUT2D eigenvalue weighted by atomic mass is 19.4. The molecule has 2 aromatic carbocycles. The van der Waals surface area contributed by atoms with Gasteiger partial charge in [-0.25, -0.2) is 4.68 Å². The number of nitrogens with zero attached hydrogens (tertiary/aromatic N) is 4. The van der Waals surface area contributed by atoms with Crippen LogP contribution in [0.2, 0.25) is 0 Å². The first-order chi connectivity index (χ1) is 15.2. The van der Waals surface area contributed by atoms with E-state index in [2.05, 4.69) is 20.4 Å². The van der Waals surface area contributed by atoms with Crippen LogP contribution in [-0.2, 0) is 13.2 Å². The van der Waals surface area contributed by atoms with Crippen LogP contribution in [0.4, 0.5) is 24.8 Å². The van der Waals surface area contributed by atoms with Gasteiger partial charge in [-0.3, -0.25) is 4.98 Å². The van der Waals surface area contributed by atoms with Gasteiger partial charge in [0.05, 0.1) is 12.7 Å². The molecular weight excluding hydrogens is 419 g/mol. The average Bonchev–Trinajstić information content (AvgIpc) is 3.13. The third-order valence-electron chi connectivity index (χ3n) is 4.88. The minimum absolute atomic E-state index is 0.259. The molecule has 0 atom stereocenters. The lowest BCUT2D eigenvalue weighted by Gasteiger charge is -2.11. The van der Waals surface area contributed by atoms with E-state index >= 15 is 0 Å². The number of pyridine rings is 1. The largest absolute Gasteiger partial charge is 0.496 e. The van der Waals surface area contributed by atoms with Crippen LogP contribution in [0.15, 0.2) is 60.8 Å². The van der Waals surface area contributed by atoms with Crippen molar-refractivity contribution in [1.29, 1.82) is 0 Å². The summed E-state index contributed by atoms with van der Waals surface area (Å²) in [4.78, 5) is 8.58. The van der Waals surface area contributed by atoms with Gasteiger partial charge in [-0.05, 0) is 48.9 Å². The zero-order chi connectivity index (χ0) is 22.9. The number of anilines is 2. The Morgan fingerprint density at radius 3 is 2.53 bits per heavy atom. The van der Waals surface area contributed by atoms with Gasteiger partial charge in [-0.15, -0.1) is 5.10 Å². The molecule has 164 valence electrons. The molecule has 0 saturated heterocycles. The molecule has 32 heavy (non-hydrogen) atoms.